The molecule has 2 aromatic rings. The SMILES string of the molecule is Nc1nn(-c2ccccc2C(F)(F)F)c(N)c1CO. The number of rotatable bonds is 2. The fourth-order valence-electron chi connectivity index (χ4n) is 1.72. The Bertz CT molecular complexity index is 606. The normalized spacial score (nSPS) is 11.8. The van der Waals surface area contributed by atoms with Gasteiger partial charge in [0.25, 0.3) is 0 Å². The van der Waals surface area contributed by atoms with Gasteiger partial charge in [-0.05, 0) is 12.1 Å². The van der Waals surface area contributed by atoms with Gasteiger partial charge in [-0.15, -0.1) is 5.10 Å². The fraction of sp³-hybridized carbons (Fsp3) is 0.182. The van der Waals surface area contributed by atoms with Gasteiger partial charge in [-0.3, -0.25) is 0 Å². The second kappa shape index (κ2) is 4.47. The molecule has 19 heavy (non-hydrogen) atoms. The summed E-state index contributed by atoms with van der Waals surface area (Å²) in [6.45, 7) is -0.494. The van der Waals surface area contributed by atoms with Gasteiger partial charge in [0, 0.05) is 0 Å². The first-order chi connectivity index (χ1) is 8.86. The van der Waals surface area contributed by atoms with E-state index in [-0.39, 0.29) is 22.9 Å². The van der Waals surface area contributed by atoms with Crippen LogP contribution < -0.4 is 11.5 Å². The molecule has 0 amide bonds. The summed E-state index contributed by atoms with van der Waals surface area (Å²) in [5.41, 5.74) is 10.1. The largest absolute Gasteiger partial charge is 0.418 e. The minimum absolute atomic E-state index is 0.100. The van der Waals surface area contributed by atoms with Gasteiger partial charge in [-0.1, -0.05) is 12.1 Å². The highest BCUT2D eigenvalue weighted by molar-refractivity contribution is 5.59. The van der Waals surface area contributed by atoms with Crippen LogP contribution in [0.25, 0.3) is 5.69 Å². The third-order valence-electron chi connectivity index (χ3n) is 2.65. The molecular formula is C11H11F3N4O. The molecule has 0 saturated carbocycles. The van der Waals surface area contributed by atoms with E-state index in [4.69, 9.17) is 16.6 Å². The van der Waals surface area contributed by atoms with Gasteiger partial charge in [0.05, 0.1) is 23.4 Å². The van der Waals surface area contributed by atoms with E-state index in [0.29, 0.717) is 0 Å². The average Bonchev–Trinajstić information content (AvgIpc) is 2.63. The summed E-state index contributed by atoms with van der Waals surface area (Å²) in [6, 6.07) is 4.85. The van der Waals surface area contributed by atoms with Gasteiger partial charge in [0.1, 0.15) is 5.82 Å². The van der Waals surface area contributed by atoms with Crippen LogP contribution in [0.1, 0.15) is 11.1 Å². The lowest BCUT2D eigenvalue weighted by molar-refractivity contribution is -0.137. The van der Waals surface area contributed by atoms with Crippen molar-refractivity contribution in [3.8, 4) is 5.69 Å². The average molecular weight is 272 g/mol. The summed E-state index contributed by atoms with van der Waals surface area (Å²) in [5.74, 6) is -0.214. The number of para-hydroxylation sites is 1. The summed E-state index contributed by atoms with van der Waals surface area (Å²) < 4.78 is 39.6. The van der Waals surface area contributed by atoms with Gasteiger partial charge in [0.2, 0.25) is 0 Å². The summed E-state index contributed by atoms with van der Waals surface area (Å²) in [5, 5.41) is 12.8. The van der Waals surface area contributed by atoms with Crippen LogP contribution >= 0.6 is 0 Å². The molecule has 0 unspecified atom stereocenters. The number of halogens is 3. The molecule has 0 aliphatic carbocycles. The minimum Gasteiger partial charge on any atom is -0.391 e. The van der Waals surface area contributed by atoms with Gasteiger partial charge in [-0.2, -0.15) is 13.2 Å². The molecule has 0 atom stereocenters. The summed E-state index contributed by atoms with van der Waals surface area (Å²) in [7, 11) is 0. The van der Waals surface area contributed by atoms with E-state index >= 15 is 0 Å². The van der Waals surface area contributed by atoms with E-state index < -0.39 is 18.3 Å². The maximum Gasteiger partial charge on any atom is 0.418 e. The van der Waals surface area contributed by atoms with E-state index in [1.54, 1.807) is 0 Å². The number of aliphatic hydroxyl groups excluding tert-OH is 1. The van der Waals surface area contributed by atoms with Crippen LogP contribution in [0, 0.1) is 0 Å². The van der Waals surface area contributed by atoms with Crippen molar-refractivity contribution in [2.75, 3.05) is 11.5 Å². The number of nitrogens with two attached hydrogens (primary N) is 2. The van der Waals surface area contributed by atoms with Crippen LogP contribution in [-0.4, -0.2) is 14.9 Å². The lowest BCUT2D eigenvalue weighted by Gasteiger charge is -2.13. The predicted molar refractivity (Wildman–Crippen MR) is 63.3 cm³/mol. The monoisotopic (exact) mass is 272 g/mol. The molecule has 0 saturated heterocycles. The quantitative estimate of drug-likeness (QED) is 0.773. The van der Waals surface area contributed by atoms with Gasteiger partial charge < -0.3 is 16.6 Å². The van der Waals surface area contributed by atoms with E-state index in [9.17, 15) is 13.2 Å². The molecule has 2 rings (SSSR count). The van der Waals surface area contributed by atoms with Crippen molar-refractivity contribution in [2.45, 2.75) is 12.8 Å². The van der Waals surface area contributed by atoms with Crippen molar-refractivity contribution in [2.24, 2.45) is 0 Å². The Kier molecular flexibility index (Phi) is 3.11. The lowest BCUT2D eigenvalue weighted by atomic mass is 10.1. The van der Waals surface area contributed by atoms with Crippen LogP contribution in [0.2, 0.25) is 0 Å². The van der Waals surface area contributed by atoms with E-state index in [1.165, 1.54) is 18.2 Å². The third-order valence-corrected chi connectivity index (χ3v) is 2.65. The number of alkyl halides is 3. The van der Waals surface area contributed by atoms with Crippen molar-refractivity contribution < 1.29 is 18.3 Å². The second-order valence-electron chi connectivity index (χ2n) is 3.83. The standard InChI is InChI=1S/C11H11F3N4O/c12-11(13,14)7-3-1-2-4-8(7)18-10(16)6(5-19)9(15)17-18/h1-4,19H,5,16H2,(H2,15,17). The summed E-state index contributed by atoms with van der Waals surface area (Å²) in [4.78, 5) is 0. The topological polar surface area (TPSA) is 90.1 Å². The first-order valence-corrected chi connectivity index (χ1v) is 5.26. The first-order valence-electron chi connectivity index (χ1n) is 5.26. The lowest BCUT2D eigenvalue weighted by Crippen LogP contribution is -2.13. The van der Waals surface area contributed by atoms with Crippen LogP contribution in [-0.2, 0) is 12.8 Å². The maximum absolute atomic E-state index is 12.9. The number of nitrogens with zero attached hydrogens (tertiary/aromatic N) is 2. The Morgan fingerprint density at radius 2 is 1.84 bits per heavy atom. The fourth-order valence-corrected chi connectivity index (χ4v) is 1.72. The van der Waals surface area contributed by atoms with Crippen molar-refractivity contribution in [1.82, 2.24) is 9.78 Å². The number of benzene rings is 1. The molecule has 5 N–H and O–H groups in total. The zero-order valence-corrected chi connectivity index (χ0v) is 9.65. The number of hydrogen-bond acceptors (Lipinski definition) is 4. The molecule has 5 nitrogen and oxygen atoms in total. The van der Waals surface area contributed by atoms with Crippen molar-refractivity contribution in [1.29, 1.82) is 0 Å². The van der Waals surface area contributed by atoms with Crippen molar-refractivity contribution in [3.05, 3.63) is 35.4 Å². The maximum atomic E-state index is 12.9. The van der Waals surface area contributed by atoms with Gasteiger partial charge >= 0.3 is 6.18 Å². The van der Waals surface area contributed by atoms with Crippen LogP contribution in [0.4, 0.5) is 24.8 Å². The Hall–Kier alpha value is -2.22. The molecule has 0 radical (unpaired) electrons. The zero-order valence-electron chi connectivity index (χ0n) is 9.65. The van der Waals surface area contributed by atoms with E-state index in [1.807, 2.05) is 0 Å². The molecule has 0 bridgehead atoms. The molecule has 1 aromatic heterocycles. The highest BCUT2D eigenvalue weighted by atomic mass is 19.4. The number of anilines is 2. The first kappa shape index (κ1) is 13.2. The van der Waals surface area contributed by atoms with E-state index in [2.05, 4.69) is 5.10 Å². The summed E-state index contributed by atoms with van der Waals surface area (Å²) in [6.07, 6.45) is -4.54. The molecular weight excluding hydrogens is 261 g/mol. The van der Waals surface area contributed by atoms with Gasteiger partial charge in [0.15, 0.2) is 5.82 Å². The molecule has 1 aromatic carbocycles. The molecule has 0 fully saturated rings. The Morgan fingerprint density at radius 1 is 1.21 bits per heavy atom. The smallest absolute Gasteiger partial charge is 0.391 e. The number of aliphatic hydroxyl groups is 1. The number of aromatic nitrogens is 2. The Morgan fingerprint density at radius 3 is 2.37 bits per heavy atom. The Balaban J connectivity index is 2.67. The third kappa shape index (κ3) is 2.22. The molecule has 0 spiro atoms. The van der Waals surface area contributed by atoms with E-state index in [0.717, 1.165) is 10.7 Å². The predicted octanol–water partition coefficient (Wildman–Crippen LogP) is 1.55. The minimum atomic E-state index is -4.54. The van der Waals surface area contributed by atoms with Gasteiger partial charge in [-0.25, -0.2) is 4.68 Å². The molecule has 8 heteroatoms. The summed E-state index contributed by atoms with van der Waals surface area (Å²) >= 11 is 0. The van der Waals surface area contributed by atoms with Crippen LogP contribution in [0.3, 0.4) is 0 Å². The van der Waals surface area contributed by atoms with Crippen molar-refractivity contribution in [3.63, 3.8) is 0 Å². The second-order valence-corrected chi connectivity index (χ2v) is 3.83. The highest BCUT2D eigenvalue weighted by Crippen LogP contribution is 2.35. The van der Waals surface area contributed by atoms with Crippen molar-refractivity contribution >= 4 is 11.6 Å². The van der Waals surface area contributed by atoms with Crippen LogP contribution in [0.5, 0.6) is 0 Å². The molecule has 102 valence electrons. The number of nitrogen functional groups attached to an aromatic ring is 2. The molecule has 0 aliphatic heterocycles. The zero-order chi connectivity index (χ0) is 14.2. The Labute approximate surface area is 106 Å². The highest BCUT2D eigenvalue weighted by Gasteiger charge is 2.34. The molecule has 0 aliphatic rings. The molecule has 1 heterocycles. The number of hydrogen-bond donors (Lipinski definition) is 3. The van der Waals surface area contributed by atoms with Crippen LogP contribution in [0.15, 0.2) is 24.3 Å².